The Morgan fingerprint density at radius 3 is 1.22 bits per heavy atom. The summed E-state index contributed by atoms with van der Waals surface area (Å²) in [4.78, 5) is 55.0. The van der Waals surface area contributed by atoms with Gasteiger partial charge in [-0.25, -0.2) is 15.0 Å². The van der Waals surface area contributed by atoms with Crippen LogP contribution in [-0.2, 0) is 120 Å². The van der Waals surface area contributed by atoms with Crippen LogP contribution in [0.25, 0.3) is 51.5 Å². The predicted molar refractivity (Wildman–Crippen MR) is 394 cm³/mol. The van der Waals surface area contributed by atoms with Crippen molar-refractivity contribution in [1.29, 1.82) is 10.5 Å². The minimum absolute atomic E-state index is 0. The number of aromatic nitrogens is 25. The predicted octanol–water partition coefficient (Wildman–Crippen LogP) is 12.9. The number of pyridine rings is 7. The van der Waals surface area contributed by atoms with Crippen LogP contribution in [0.1, 0.15) is 126 Å². The van der Waals surface area contributed by atoms with Gasteiger partial charge >= 0.3 is 108 Å². The molecule has 616 valence electrons. The van der Waals surface area contributed by atoms with E-state index in [1.807, 2.05) is 48.5 Å². The molecule has 16 heterocycles. The molecule has 1 unspecified atom stereocenters. The molecule has 0 amide bonds. The zero-order valence-corrected chi connectivity index (χ0v) is 72.1. The van der Waals surface area contributed by atoms with E-state index in [4.69, 9.17) is 11.8 Å². The fraction of sp³-hybridized carbons (Fsp3) is 0.163. The van der Waals surface area contributed by atoms with Gasteiger partial charge in [-0.2, -0.15) is 40.4 Å². The number of nitriles is 2. The van der Waals surface area contributed by atoms with Crippen LogP contribution < -0.4 is 0 Å². The standard InChI is InChI=1S/C24H25N7O.C20H9N9.C19H8F8N6.C17H12N6.4Pt/c1-23(2,3)18-11-14-30(28-18)20-9-7-8-16(26-20)21(32)17-10-13-25-22(27-17)31-15-12-19(29-31)24(4,5)6;1-23-18-9-11-29(27-18)20-7-3-5-17(25-20)15(13-22)16-4-2-6-19(24-16)28-10-8-14(12-21)26-28;20-17(21,11-3-1-5-15(28-11)32-9-7-13(30-32)18(22,23)24)12-4-2-6-16(29-12)33-10-8-14(31-33)19(25,26)27;1-5-14(20-16(7-1)22-11-3-9-18-22)13-15-6-2-8-17(21-15)23-12-4-10-19-23;;;;/h7-13H,1-6H3;2-9,15H;1-8H;1-10H,13H2;;;;/q4*-2;4*+2. The van der Waals surface area contributed by atoms with Gasteiger partial charge in [0.25, 0.3) is 0 Å². The average molecular weight is 2360 g/mol. The van der Waals surface area contributed by atoms with E-state index < -0.39 is 47.0 Å². The Labute approximate surface area is 741 Å². The number of ketones is 1. The molecular formula is C80H54F8N28OPt4. The molecule has 0 N–H and O–H groups in total. The third-order valence-corrected chi connectivity index (χ3v) is 16.3. The van der Waals surface area contributed by atoms with E-state index in [0.717, 1.165) is 70.8 Å². The van der Waals surface area contributed by atoms with Crippen LogP contribution in [0.4, 0.5) is 40.9 Å². The van der Waals surface area contributed by atoms with Crippen LogP contribution in [0.3, 0.4) is 0 Å². The van der Waals surface area contributed by atoms with Crippen molar-refractivity contribution in [2.75, 3.05) is 0 Å². The number of halogens is 8. The van der Waals surface area contributed by atoms with Crippen LogP contribution in [0.15, 0.2) is 201 Å². The maximum atomic E-state index is 15.1. The molecule has 0 aliphatic heterocycles. The van der Waals surface area contributed by atoms with E-state index in [2.05, 4.69) is 188 Å². The molecule has 0 aliphatic rings. The van der Waals surface area contributed by atoms with Gasteiger partial charge in [-0.15, -0.1) is 42.5 Å². The van der Waals surface area contributed by atoms with Crippen molar-refractivity contribution in [3.8, 4) is 58.8 Å². The first kappa shape index (κ1) is 92.0. The van der Waals surface area contributed by atoms with E-state index in [1.165, 1.54) is 32.4 Å². The quantitative estimate of drug-likeness (QED) is 0.0493. The van der Waals surface area contributed by atoms with E-state index in [1.54, 1.807) is 105 Å². The van der Waals surface area contributed by atoms with Crippen LogP contribution >= 0.6 is 0 Å². The summed E-state index contributed by atoms with van der Waals surface area (Å²) in [7, 11) is 0. The Balaban J connectivity index is 0.000000183. The summed E-state index contributed by atoms with van der Waals surface area (Å²) in [6.07, 6.45) is 18.0. The van der Waals surface area contributed by atoms with Gasteiger partial charge in [0.15, 0.2) is 0 Å². The molecule has 0 fully saturated rings. The SMILES string of the molecule is CC(C)(C)c1c[c-]n(-c2cccc(C(=O)c3ccnc(-n4[c-]cc(C(C)(C)C)n4)n3)n2)n1.FC(F)(F)c1c[c-]n(-c2cccc(C(F)(F)c3cccc(-n4[c-]cc(C(F)(F)F)n4)n3)n2)n1.[C-]#[N+]c1c[c-]n(-c2cccc(C(C#N)c3cccc(-n4[c-]cc(C#N)n4)n3)n2)n1.[Pt+2].[Pt+2].[Pt+2].[Pt+2].[c-]1ccnn1-c1cccc(Cc2cccc(-n3[c-]ccn3)n2)n1. The molecule has 1 atom stereocenters. The zero-order chi connectivity index (χ0) is 82.8. The van der Waals surface area contributed by atoms with Gasteiger partial charge in [-0.05, 0) is 88.1 Å². The normalized spacial score (nSPS) is 11.5. The second-order valence-corrected chi connectivity index (χ2v) is 26.7. The molecule has 0 saturated carbocycles. The molecule has 16 aromatic heterocycles. The summed E-state index contributed by atoms with van der Waals surface area (Å²) in [5.41, 5.74) is 0.651. The van der Waals surface area contributed by atoms with Gasteiger partial charge in [0.1, 0.15) is 34.6 Å². The topological polar surface area (TPSA) is 328 Å². The molecule has 29 nitrogen and oxygen atoms in total. The Bertz CT molecular complexity index is 5950. The molecule has 16 aromatic rings. The minimum atomic E-state index is -4.76. The van der Waals surface area contributed by atoms with Gasteiger partial charge in [0.2, 0.25) is 5.78 Å². The fourth-order valence-corrected chi connectivity index (χ4v) is 10.5. The molecule has 0 radical (unpaired) electrons. The molecule has 0 bridgehead atoms. The fourth-order valence-electron chi connectivity index (χ4n) is 10.5. The van der Waals surface area contributed by atoms with Crippen molar-refractivity contribution in [2.24, 2.45) is 0 Å². The van der Waals surface area contributed by atoms with Crippen molar-refractivity contribution in [1.82, 2.24) is 123 Å². The number of carbonyl (C=O) groups is 1. The summed E-state index contributed by atoms with van der Waals surface area (Å²) >= 11 is 0. The maximum Gasteiger partial charge on any atom is 2.00 e. The van der Waals surface area contributed by atoms with Gasteiger partial charge < -0.3 is 37.6 Å². The van der Waals surface area contributed by atoms with E-state index in [9.17, 15) is 36.4 Å². The van der Waals surface area contributed by atoms with Crippen molar-refractivity contribution in [3.05, 3.63) is 336 Å². The molecule has 41 heteroatoms. The maximum absolute atomic E-state index is 15.1. The molecular weight excluding hydrogens is 2300 g/mol. The zero-order valence-electron chi connectivity index (χ0n) is 63.1. The first-order valence-corrected chi connectivity index (χ1v) is 34.6. The molecule has 121 heavy (non-hydrogen) atoms. The summed E-state index contributed by atoms with van der Waals surface area (Å²) < 4.78 is 117. The van der Waals surface area contributed by atoms with Crippen LogP contribution in [0, 0.1) is 78.8 Å². The Hall–Kier alpha value is -12.9. The Morgan fingerprint density at radius 2 is 0.802 bits per heavy atom. The summed E-state index contributed by atoms with van der Waals surface area (Å²) in [6, 6.07) is 50.4. The third-order valence-electron chi connectivity index (χ3n) is 16.3. The molecule has 0 saturated heterocycles. The van der Waals surface area contributed by atoms with Gasteiger partial charge in [-0.1, -0.05) is 189 Å². The smallest absolute Gasteiger partial charge is 0.344 e. The van der Waals surface area contributed by atoms with E-state index >= 15 is 8.78 Å². The van der Waals surface area contributed by atoms with E-state index in [0.29, 0.717) is 56.8 Å². The average Bonchev–Trinajstić information content (AvgIpc) is 1.77. The van der Waals surface area contributed by atoms with Crippen molar-refractivity contribution in [3.63, 3.8) is 0 Å². The number of hydrogen-bond donors (Lipinski definition) is 0. The van der Waals surface area contributed by atoms with Gasteiger partial charge in [0.05, 0.1) is 81.3 Å². The Morgan fingerprint density at radius 1 is 0.413 bits per heavy atom. The third kappa shape index (κ3) is 22.6. The van der Waals surface area contributed by atoms with Crippen molar-refractivity contribution in [2.45, 2.75) is 83.0 Å². The summed E-state index contributed by atoms with van der Waals surface area (Å²) in [5.74, 6) is -2.32. The number of rotatable bonds is 16. The Kier molecular flexibility index (Phi) is 29.9. The summed E-state index contributed by atoms with van der Waals surface area (Å²) in [6.45, 7) is 19.4. The molecule has 0 aliphatic carbocycles. The number of alkyl halides is 8. The number of nitrogens with zero attached hydrogens (tertiary/aromatic N) is 28. The van der Waals surface area contributed by atoms with Gasteiger partial charge in [-0.3, -0.25) is 80.2 Å². The molecule has 0 spiro atoms. The largest absolute Gasteiger partial charge is 2.00 e. The molecule has 0 aromatic carbocycles. The van der Waals surface area contributed by atoms with Crippen LogP contribution in [-0.4, -0.2) is 129 Å². The van der Waals surface area contributed by atoms with Gasteiger partial charge in [0, 0.05) is 24.0 Å². The second-order valence-electron chi connectivity index (χ2n) is 26.7. The first-order valence-electron chi connectivity index (χ1n) is 34.6. The van der Waals surface area contributed by atoms with Crippen molar-refractivity contribution < 1.29 is 124 Å². The number of carbonyl (C=O) groups excluding carboxylic acids is 1. The van der Waals surface area contributed by atoms with Crippen LogP contribution in [0.5, 0.6) is 0 Å². The summed E-state index contributed by atoms with van der Waals surface area (Å²) in [5, 5.41) is 50.6. The molecule has 16 rings (SSSR count). The first-order chi connectivity index (χ1) is 56.0. The van der Waals surface area contributed by atoms with E-state index in [-0.39, 0.29) is 141 Å². The monoisotopic (exact) mass is 2350 g/mol. The minimum Gasteiger partial charge on any atom is -0.344 e. The number of hydrogen-bond acceptors (Lipinski definition) is 20. The van der Waals surface area contributed by atoms with Crippen LogP contribution in [0.2, 0.25) is 0 Å². The van der Waals surface area contributed by atoms with Crippen molar-refractivity contribution >= 4 is 11.6 Å². The second kappa shape index (κ2) is 39.4.